The summed E-state index contributed by atoms with van der Waals surface area (Å²) >= 11 is 0. The van der Waals surface area contributed by atoms with E-state index in [0.29, 0.717) is 0 Å². The average Bonchev–Trinajstić information content (AvgIpc) is 2.18. The SMILES string of the molecule is C#C.C=CC.CC.CC.CC. The molecule has 0 aliphatic heterocycles. The fraction of sp³-hybridized carbons (Fsp3) is 0.636. The van der Waals surface area contributed by atoms with Crippen LogP contribution in [0.4, 0.5) is 0 Å². The van der Waals surface area contributed by atoms with Crippen molar-refractivity contribution in [3.8, 4) is 12.8 Å². The van der Waals surface area contributed by atoms with E-state index in [0.717, 1.165) is 0 Å². The van der Waals surface area contributed by atoms with Crippen LogP contribution in [0.1, 0.15) is 48.5 Å². The number of terminal acetylenes is 1. The molecule has 0 radical (unpaired) electrons. The van der Waals surface area contributed by atoms with Crippen molar-refractivity contribution < 1.29 is 0 Å². The lowest BCUT2D eigenvalue weighted by Crippen LogP contribution is -1.07. The zero-order valence-corrected chi connectivity index (χ0v) is 9.44. The normalized spacial score (nSPS) is 3.00. The molecule has 0 fully saturated rings. The maximum Gasteiger partial charge on any atom is -0.0473 e. The van der Waals surface area contributed by atoms with Gasteiger partial charge < -0.3 is 0 Å². The summed E-state index contributed by atoms with van der Waals surface area (Å²) in [5, 5.41) is 0. The highest BCUT2D eigenvalue weighted by Crippen LogP contribution is 1.38. The van der Waals surface area contributed by atoms with Gasteiger partial charge >= 0.3 is 0 Å². The fourth-order valence-corrected chi connectivity index (χ4v) is 0. The second-order valence-corrected chi connectivity index (χ2v) is 0.408. The van der Waals surface area contributed by atoms with Crippen LogP contribution in [0, 0.1) is 12.8 Å². The van der Waals surface area contributed by atoms with Crippen LogP contribution in [0.25, 0.3) is 0 Å². The van der Waals surface area contributed by atoms with Gasteiger partial charge in [0.25, 0.3) is 0 Å². The lowest BCUT2D eigenvalue weighted by atomic mass is 10.8. The Labute approximate surface area is 74.7 Å². The van der Waals surface area contributed by atoms with Crippen molar-refractivity contribution in [1.82, 2.24) is 0 Å². The van der Waals surface area contributed by atoms with Gasteiger partial charge in [-0.2, -0.15) is 0 Å². The monoisotopic (exact) mass is 158 g/mol. The first kappa shape index (κ1) is 31.7. The van der Waals surface area contributed by atoms with Gasteiger partial charge in [0.1, 0.15) is 0 Å². The predicted molar refractivity (Wildman–Crippen MR) is 59.8 cm³/mol. The third-order valence-electron chi connectivity index (χ3n) is 0. The number of allylic oxidation sites excluding steroid dienone is 1. The lowest BCUT2D eigenvalue weighted by molar-refractivity contribution is 1.50. The van der Waals surface area contributed by atoms with Crippen LogP contribution in [-0.4, -0.2) is 0 Å². The molecule has 0 nitrogen and oxygen atoms in total. The van der Waals surface area contributed by atoms with E-state index in [9.17, 15) is 0 Å². The molecule has 0 aliphatic carbocycles. The summed E-state index contributed by atoms with van der Waals surface area (Å²) in [6, 6.07) is 0. The molecular formula is C11H26. The molecule has 0 unspecified atom stereocenters. The van der Waals surface area contributed by atoms with Gasteiger partial charge in [-0.15, -0.1) is 19.4 Å². The number of hydrogen-bond donors (Lipinski definition) is 0. The van der Waals surface area contributed by atoms with Crippen LogP contribution in [-0.2, 0) is 0 Å². The molecule has 0 bridgehead atoms. The summed E-state index contributed by atoms with van der Waals surface area (Å²) in [4.78, 5) is 0. The molecule has 0 amide bonds. The predicted octanol–water partition coefficient (Wildman–Crippen LogP) is 4.52. The zero-order chi connectivity index (χ0) is 10.7. The molecule has 0 saturated heterocycles. The summed E-state index contributed by atoms with van der Waals surface area (Å²) in [5.74, 6) is 0. The highest BCUT2D eigenvalue weighted by Gasteiger charge is 1.15. The maximum absolute atomic E-state index is 4.00. The Bertz CT molecular complexity index is 24.3. The van der Waals surface area contributed by atoms with Crippen molar-refractivity contribution >= 4 is 0 Å². The molecule has 11 heavy (non-hydrogen) atoms. The van der Waals surface area contributed by atoms with Crippen molar-refractivity contribution in [1.29, 1.82) is 0 Å². The van der Waals surface area contributed by atoms with Crippen LogP contribution in [0.15, 0.2) is 12.7 Å². The van der Waals surface area contributed by atoms with Gasteiger partial charge in [-0.1, -0.05) is 47.6 Å². The van der Waals surface area contributed by atoms with E-state index in [1.54, 1.807) is 6.08 Å². The first-order valence-electron chi connectivity index (χ1n) is 4.32. The highest BCUT2D eigenvalue weighted by atomic mass is 13.2. The minimum absolute atomic E-state index is 1.75. The quantitative estimate of drug-likeness (QED) is 0.359. The molecule has 0 N–H and O–H groups in total. The number of rotatable bonds is 0. The molecule has 0 rings (SSSR count). The Morgan fingerprint density at radius 2 is 0.818 bits per heavy atom. The Balaban J connectivity index is -0.0000000139. The number of hydrogen-bond acceptors (Lipinski definition) is 0. The Kier molecular flexibility index (Phi) is 20500. The smallest absolute Gasteiger partial charge is 0.0473 e. The second kappa shape index (κ2) is 7120. The maximum atomic E-state index is 4.00. The van der Waals surface area contributed by atoms with Crippen molar-refractivity contribution in [2.45, 2.75) is 48.5 Å². The topological polar surface area (TPSA) is 0 Å². The third-order valence-corrected chi connectivity index (χ3v) is 0. The van der Waals surface area contributed by atoms with E-state index < -0.39 is 0 Å². The Morgan fingerprint density at radius 3 is 0.818 bits per heavy atom. The van der Waals surface area contributed by atoms with E-state index >= 15 is 0 Å². The van der Waals surface area contributed by atoms with Gasteiger partial charge in [0.2, 0.25) is 0 Å². The average molecular weight is 158 g/mol. The molecule has 0 aromatic rings. The van der Waals surface area contributed by atoms with Crippen LogP contribution < -0.4 is 0 Å². The molecule has 0 heteroatoms. The van der Waals surface area contributed by atoms with Gasteiger partial charge in [0.15, 0.2) is 0 Å². The van der Waals surface area contributed by atoms with Gasteiger partial charge in [-0.3, -0.25) is 0 Å². The standard InChI is InChI=1S/C3H6.3C2H6.C2H2/c1-3-2;4*1-2/h3H,1H2,2H3;3*1-2H3;1-2H. The van der Waals surface area contributed by atoms with Crippen LogP contribution in [0.2, 0.25) is 0 Å². The van der Waals surface area contributed by atoms with Crippen LogP contribution >= 0.6 is 0 Å². The minimum Gasteiger partial charge on any atom is -0.124 e. The van der Waals surface area contributed by atoms with Crippen molar-refractivity contribution in [3.63, 3.8) is 0 Å². The van der Waals surface area contributed by atoms with Gasteiger partial charge in [-0.05, 0) is 6.92 Å². The first-order chi connectivity index (χ1) is 5.41. The molecular weight excluding hydrogens is 132 g/mol. The molecule has 0 aliphatic rings. The van der Waals surface area contributed by atoms with Gasteiger partial charge in [0.05, 0.1) is 0 Å². The van der Waals surface area contributed by atoms with Crippen molar-refractivity contribution in [3.05, 3.63) is 12.7 Å². The zero-order valence-electron chi connectivity index (χ0n) is 9.44. The molecule has 0 aromatic carbocycles. The van der Waals surface area contributed by atoms with E-state index in [4.69, 9.17) is 0 Å². The summed E-state index contributed by atoms with van der Waals surface area (Å²) in [6.07, 6.45) is 9.75. The Hall–Kier alpha value is -0.700. The molecule has 0 aromatic heterocycles. The van der Waals surface area contributed by atoms with E-state index in [-0.39, 0.29) is 0 Å². The highest BCUT2D eigenvalue weighted by molar-refractivity contribution is 4.51. The summed E-state index contributed by atoms with van der Waals surface area (Å²) in [5.41, 5.74) is 0. The van der Waals surface area contributed by atoms with E-state index in [1.807, 2.05) is 48.5 Å². The summed E-state index contributed by atoms with van der Waals surface area (Å²) < 4.78 is 0. The fourth-order valence-electron chi connectivity index (χ4n) is 0. The molecule has 0 atom stereocenters. The van der Waals surface area contributed by atoms with Gasteiger partial charge in [0, 0.05) is 0 Å². The van der Waals surface area contributed by atoms with Crippen molar-refractivity contribution in [2.75, 3.05) is 0 Å². The van der Waals surface area contributed by atoms with Crippen LogP contribution in [0.5, 0.6) is 0 Å². The van der Waals surface area contributed by atoms with E-state index in [1.165, 1.54) is 0 Å². The lowest BCUT2D eigenvalue weighted by Gasteiger charge is -1.31. The molecule has 0 spiro atoms. The minimum atomic E-state index is 1.75. The van der Waals surface area contributed by atoms with E-state index in [2.05, 4.69) is 19.4 Å². The summed E-state index contributed by atoms with van der Waals surface area (Å²) in [7, 11) is 0. The van der Waals surface area contributed by atoms with Crippen molar-refractivity contribution in [2.24, 2.45) is 0 Å². The van der Waals surface area contributed by atoms with Gasteiger partial charge in [-0.25, -0.2) is 0 Å². The molecule has 0 saturated carbocycles. The Morgan fingerprint density at radius 1 is 0.818 bits per heavy atom. The second-order valence-electron chi connectivity index (χ2n) is 0.408. The first-order valence-corrected chi connectivity index (χ1v) is 4.32. The molecule has 70 valence electrons. The third kappa shape index (κ3) is 1010. The summed E-state index contributed by atoms with van der Waals surface area (Å²) in [6.45, 7) is 17.2. The molecule has 0 heterocycles. The largest absolute Gasteiger partial charge is 0.124 e. The van der Waals surface area contributed by atoms with Crippen LogP contribution in [0.3, 0.4) is 0 Å².